The number of fused-ring (bicyclic) bond motifs is 1. The van der Waals surface area contributed by atoms with Crippen molar-refractivity contribution in [2.75, 3.05) is 12.4 Å². The predicted octanol–water partition coefficient (Wildman–Crippen LogP) is 1.03. The van der Waals surface area contributed by atoms with E-state index < -0.39 is 0 Å². The van der Waals surface area contributed by atoms with Crippen molar-refractivity contribution < 1.29 is 4.74 Å². The molecule has 0 unspecified atom stereocenters. The quantitative estimate of drug-likeness (QED) is 0.875. The van der Waals surface area contributed by atoms with Crippen LogP contribution < -0.4 is 10.9 Å². The van der Waals surface area contributed by atoms with Gasteiger partial charge in [-0.25, -0.2) is 0 Å². The summed E-state index contributed by atoms with van der Waals surface area (Å²) >= 11 is 0. The van der Waals surface area contributed by atoms with Crippen LogP contribution in [0.5, 0.6) is 0 Å². The number of nitrogens with one attached hydrogen (secondary N) is 2. The van der Waals surface area contributed by atoms with Gasteiger partial charge in [0.1, 0.15) is 5.39 Å². The minimum atomic E-state index is -0.171. The Balaban J connectivity index is 1.90. The largest absolute Gasteiger partial charge is 0.379 e. The van der Waals surface area contributed by atoms with Gasteiger partial charge in [-0.15, -0.1) is 0 Å². The average molecular weight is 277 g/mol. The Morgan fingerprint density at radius 1 is 1.45 bits per heavy atom. The average Bonchev–Trinajstić information content (AvgIpc) is 2.82. The Hall–Kier alpha value is -1.89. The summed E-state index contributed by atoms with van der Waals surface area (Å²) in [5.74, 6) is 0.486. The number of aromatic nitrogens is 4. The Bertz CT molecular complexity index is 662. The summed E-state index contributed by atoms with van der Waals surface area (Å²) in [4.78, 5) is 19.2. The van der Waals surface area contributed by atoms with Crippen molar-refractivity contribution >= 4 is 17.0 Å². The molecule has 0 aromatic carbocycles. The van der Waals surface area contributed by atoms with E-state index in [2.05, 4.69) is 20.4 Å². The fraction of sp³-hybridized carbons (Fsp3) is 0.615. The molecule has 0 radical (unpaired) electrons. The zero-order valence-corrected chi connectivity index (χ0v) is 11.7. The van der Waals surface area contributed by atoms with Gasteiger partial charge < -0.3 is 10.1 Å². The monoisotopic (exact) mass is 277 g/mol. The number of anilines is 1. The van der Waals surface area contributed by atoms with E-state index in [1.807, 2.05) is 0 Å². The molecule has 20 heavy (non-hydrogen) atoms. The van der Waals surface area contributed by atoms with Crippen molar-refractivity contribution in [2.45, 2.75) is 37.8 Å². The molecule has 2 aromatic heterocycles. The van der Waals surface area contributed by atoms with E-state index in [4.69, 9.17) is 4.74 Å². The molecule has 0 aliphatic heterocycles. The molecule has 2 atom stereocenters. The maximum atomic E-state index is 12.0. The van der Waals surface area contributed by atoms with Gasteiger partial charge in [0.25, 0.3) is 5.56 Å². The van der Waals surface area contributed by atoms with E-state index in [0.717, 1.165) is 19.3 Å². The van der Waals surface area contributed by atoms with Crippen molar-refractivity contribution in [1.82, 2.24) is 19.7 Å². The van der Waals surface area contributed by atoms with E-state index in [0.29, 0.717) is 17.0 Å². The molecular formula is C13H19N5O2. The maximum absolute atomic E-state index is 12.0. The molecule has 108 valence electrons. The summed E-state index contributed by atoms with van der Waals surface area (Å²) in [6.07, 6.45) is 6.09. The van der Waals surface area contributed by atoms with Gasteiger partial charge in [-0.1, -0.05) is 12.8 Å². The highest BCUT2D eigenvalue weighted by Crippen LogP contribution is 2.23. The SMILES string of the molecule is CO[C@@H]1CCCC[C@H]1Nc1nc2c(cnn2C)c(=O)[nH]1. The number of hydrogen-bond donors (Lipinski definition) is 2. The second-order valence-corrected chi connectivity index (χ2v) is 5.23. The maximum Gasteiger partial charge on any atom is 0.263 e. The summed E-state index contributed by atoms with van der Waals surface area (Å²) in [7, 11) is 3.50. The fourth-order valence-electron chi connectivity index (χ4n) is 2.82. The van der Waals surface area contributed by atoms with Crippen molar-refractivity contribution in [1.29, 1.82) is 0 Å². The van der Waals surface area contributed by atoms with Crippen LogP contribution in [-0.4, -0.2) is 39.0 Å². The van der Waals surface area contributed by atoms with Crippen molar-refractivity contribution in [3.05, 3.63) is 16.6 Å². The standard InChI is InChI=1S/C13H19N5O2/c1-18-11-8(7-14-18)12(19)17-13(16-11)15-9-5-3-4-6-10(9)20-2/h7,9-10H,3-6H2,1-2H3,(H2,15,16,17,19)/t9-,10-/m1/s1. The van der Waals surface area contributed by atoms with Gasteiger partial charge >= 0.3 is 0 Å². The summed E-state index contributed by atoms with van der Waals surface area (Å²) < 4.78 is 7.10. The summed E-state index contributed by atoms with van der Waals surface area (Å²) in [5, 5.41) is 7.86. The number of H-pyrrole nitrogens is 1. The van der Waals surface area contributed by atoms with Crippen LogP contribution in [0.2, 0.25) is 0 Å². The van der Waals surface area contributed by atoms with Crippen molar-refractivity contribution in [3.8, 4) is 0 Å². The van der Waals surface area contributed by atoms with E-state index >= 15 is 0 Å². The zero-order chi connectivity index (χ0) is 14.1. The lowest BCUT2D eigenvalue weighted by molar-refractivity contribution is 0.0604. The third-order valence-electron chi connectivity index (χ3n) is 3.93. The molecule has 0 amide bonds. The minimum Gasteiger partial charge on any atom is -0.379 e. The van der Waals surface area contributed by atoms with Gasteiger partial charge in [-0.3, -0.25) is 14.5 Å². The van der Waals surface area contributed by atoms with Gasteiger partial charge in [0.15, 0.2) is 5.65 Å². The Morgan fingerprint density at radius 2 is 2.25 bits per heavy atom. The van der Waals surface area contributed by atoms with Crippen molar-refractivity contribution in [2.24, 2.45) is 7.05 Å². The highest BCUT2D eigenvalue weighted by Gasteiger charge is 2.25. The van der Waals surface area contributed by atoms with Gasteiger partial charge in [-0.2, -0.15) is 10.1 Å². The highest BCUT2D eigenvalue weighted by atomic mass is 16.5. The van der Waals surface area contributed by atoms with Crippen LogP contribution in [0.4, 0.5) is 5.95 Å². The van der Waals surface area contributed by atoms with E-state index in [-0.39, 0.29) is 17.7 Å². The lowest BCUT2D eigenvalue weighted by Crippen LogP contribution is -2.38. The van der Waals surface area contributed by atoms with Crippen LogP contribution in [0.1, 0.15) is 25.7 Å². The number of rotatable bonds is 3. The van der Waals surface area contributed by atoms with Crippen LogP contribution in [0.3, 0.4) is 0 Å². The fourth-order valence-corrected chi connectivity index (χ4v) is 2.82. The molecule has 2 heterocycles. The third-order valence-corrected chi connectivity index (χ3v) is 3.93. The number of ether oxygens (including phenoxy) is 1. The van der Waals surface area contributed by atoms with Gasteiger partial charge in [0.2, 0.25) is 5.95 Å². The van der Waals surface area contributed by atoms with Crippen LogP contribution in [0, 0.1) is 0 Å². The highest BCUT2D eigenvalue weighted by molar-refractivity contribution is 5.74. The van der Waals surface area contributed by atoms with E-state index in [1.54, 1.807) is 18.8 Å². The first kappa shape index (κ1) is 13.1. The predicted molar refractivity (Wildman–Crippen MR) is 75.8 cm³/mol. The topological polar surface area (TPSA) is 84.8 Å². The number of methoxy groups -OCH3 is 1. The van der Waals surface area contributed by atoms with Gasteiger partial charge in [0.05, 0.1) is 18.3 Å². The Kier molecular flexibility index (Phi) is 3.43. The molecule has 7 heteroatoms. The first-order valence-corrected chi connectivity index (χ1v) is 6.90. The van der Waals surface area contributed by atoms with E-state index in [9.17, 15) is 4.79 Å². The smallest absolute Gasteiger partial charge is 0.263 e. The van der Waals surface area contributed by atoms with Crippen LogP contribution in [0.15, 0.2) is 11.0 Å². The molecule has 1 aliphatic rings. The molecule has 2 N–H and O–H groups in total. The third kappa shape index (κ3) is 2.29. The lowest BCUT2D eigenvalue weighted by atomic mass is 9.92. The lowest BCUT2D eigenvalue weighted by Gasteiger charge is -2.31. The van der Waals surface area contributed by atoms with Crippen LogP contribution in [-0.2, 0) is 11.8 Å². The molecule has 3 rings (SSSR count). The zero-order valence-electron chi connectivity index (χ0n) is 11.7. The van der Waals surface area contributed by atoms with Crippen LogP contribution in [0.25, 0.3) is 11.0 Å². The second-order valence-electron chi connectivity index (χ2n) is 5.23. The Labute approximate surface area is 116 Å². The Morgan fingerprint density at radius 3 is 3.05 bits per heavy atom. The first-order valence-electron chi connectivity index (χ1n) is 6.90. The molecule has 0 saturated heterocycles. The molecule has 1 saturated carbocycles. The normalized spacial score (nSPS) is 23.1. The molecule has 1 aliphatic carbocycles. The van der Waals surface area contributed by atoms with Crippen LogP contribution >= 0.6 is 0 Å². The molecular weight excluding hydrogens is 258 g/mol. The molecule has 7 nitrogen and oxygen atoms in total. The summed E-state index contributed by atoms with van der Waals surface area (Å²) in [6.45, 7) is 0. The number of nitrogens with zero attached hydrogens (tertiary/aromatic N) is 3. The van der Waals surface area contributed by atoms with E-state index in [1.165, 1.54) is 12.6 Å². The summed E-state index contributed by atoms with van der Waals surface area (Å²) in [6, 6.07) is 0.183. The number of hydrogen-bond acceptors (Lipinski definition) is 5. The molecule has 0 bridgehead atoms. The molecule has 2 aromatic rings. The molecule has 1 fully saturated rings. The molecule has 0 spiro atoms. The summed E-state index contributed by atoms with van der Waals surface area (Å²) in [5.41, 5.74) is 0.413. The van der Waals surface area contributed by atoms with Gasteiger partial charge in [-0.05, 0) is 12.8 Å². The minimum absolute atomic E-state index is 0.163. The second kappa shape index (κ2) is 5.24. The van der Waals surface area contributed by atoms with Gasteiger partial charge in [0, 0.05) is 14.2 Å². The first-order chi connectivity index (χ1) is 9.69. The number of aryl methyl sites for hydroxylation is 1. The number of aromatic amines is 1. The van der Waals surface area contributed by atoms with Crippen molar-refractivity contribution in [3.63, 3.8) is 0 Å².